The summed E-state index contributed by atoms with van der Waals surface area (Å²) >= 11 is 0. The van der Waals surface area contributed by atoms with Gasteiger partial charge in [-0.25, -0.2) is 4.90 Å². The van der Waals surface area contributed by atoms with E-state index in [4.69, 9.17) is 0 Å². The van der Waals surface area contributed by atoms with Gasteiger partial charge < -0.3 is 10.2 Å². The van der Waals surface area contributed by atoms with Gasteiger partial charge in [-0.05, 0) is 44.6 Å². The Kier molecular flexibility index (Phi) is 6.09. The molecule has 1 saturated heterocycles. The molecule has 128 valence electrons. The molecule has 0 aromatic carbocycles. The van der Waals surface area contributed by atoms with Crippen LogP contribution < -0.4 is 5.32 Å². The van der Waals surface area contributed by atoms with Gasteiger partial charge in [0, 0.05) is 39.1 Å². The molecule has 1 saturated carbocycles. The lowest BCUT2D eigenvalue weighted by Crippen LogP contribution is -2.52. The summed E-state index contributed by atoms with van der Waals surface area (Å²) in [6.45, 7) is 3.60. The normalized spacial score (nSPS) is 28.5. The van der Waals surface area contributed by atoms with Gasteiger partial charge in [-0.1, -0.05) is 0 Å². The quantitative estimate of drug-likeness (QED) is 0.807. The second-order valence-corrected chi connectivity index (χ2v) is 6.50. The number of nitrogens with one attached hydrogen (secondary N) is 1. The van der Waals surface area contributed by atoms with E-state index in [-0.39, 0.29) is 19.0 Å². The average molecular weight is 321 g/mol. The molecule has 1 aliphatic carbocycles. The SMILES string of the molecule is CC(=O)NC1CCC(CCN2CCN(C(F)(F)F)CC2)CC1. The van der Waals surface area contributed by atoms with E-state index in [1.807, 2.05) is 0 Å². The van der Waals surface area contributed by atoms with Crippen LogP contribution in [0, 0.1) is 5.92 Å². The predicted molar refractivity (Wildman–Crippen MR) is 78.2 cm³/mol. The summed E-state index contributed by atoms with van der Waals surface area (Å²) in [5.74, 6) is 0.677. The number of rotatable bonds is 4. The largest absolute Gasteiger partial charge is 0.460 e. The highest BCUT2D eigenvalue weighted by molar-refractivity contribution is 5.73. The third-order valence-corrected chi connectivity index (χ3v) is 4.84. The fourth-order valence-electron chi connectivity index (χ4n) is 3.47. The van der Waals surface area contributed by atoms with Gasteiger partial charge in [-0.15, -0.1) is 0 Å². The van der Waals surface area contributed by atoms with E-state index in [0.29, 0.717) is 29.9 Å². The molecule has 22 heavy (non-hydrogen) atoms. The number of carbonyl (C=O) groups excluding carboxylic acids is 1. The monoisotopic (exact) mass is 321 g/mol. The Hall–Kier alpha value is -0.820. The number of carbonyl (C=O) groups is 1. The highest BCUT2D eigenvalue weighted by Crippen LogP contribution is 2.28. The van der Waals surface area contributed by atoms with Crippen LogP contribution in [0.25, 0.3) is 0 Å². The van der Waals surface area contributed by atoms with E-state index in [2.05, 4.69) is 10.2 Å². The van der Waals surface area contributed by atoms with Crippen LogP contribution in [0.1, 0.15) is 39.0 Å². The molecule has 7 heteroatoms. The van der Waals surface area contributed by atoms with Gasteiger partial charge in [0.1, 0.15) is 0 Å². The molecule has 0 bridgehead atoms. The highest BCUT2D eigenvalue weighted by Gasteiger charge is 2.38. The molecule has 0 aromatic rings. The van der Waals surface area contributed by atoms with Gasteiger partial charge in [-0.2, -0.15) is 13.2 Å². The molecule has 1 aliphatic heterocycles. The molecular formula is C15H26F3N3O. The lowest BCUT2D eigenvalue weighted by molar-refractivity contribution is -0.252. The standard InChI is InChI=1S/C15H26F3N3O/c1-12(22)19-14-4-2-13(3-5-14)6-7-20-8-10-21(11-9-20)15(16,17)18/h13-14H,2-11H2,1H3,(H,19,22). The first-order valence-corrected chi connectivity index (χ1v) is 8.16. The van der Waals surface area contributed by atoms with Crippen molar-refractivity contribution in [1.29, 1.82) is 0 Å². The predicted octanol–water partition coefficient (Wildman–Crippen LogP) is 2.21. The van der Waals surface area contributed by atoms with Crippen molar-refractivity contribution in [2.75, 3.05) is 32.7 Å². The topological polar surface area (TPSA) is 35.6 Å². The van der Waals surface area contributed by atoms with Crippen LogP contribution in [-0.4, -0.2) is 60.8 Å². The Morgan fingerprint density at radius 3 is 2.18 bits per heavy atom. The van der Waals surface area contributed by atoms with Crippen LogP contribution >= 0.6 is 0 Å². The number of hydrogen-bond acceptors (Lipinski definition) is 3. The van der Waals surface area contributed by atoms with E-state index in [0.717, 1.165) is 38.6 Å². The van der Waals surface area contributed by atoms with Crippen molar-refractivity contribution in [1.82, 2.24) is 15.1 Å². The van der Waals surface area contributed by atoms with Crippen molar-refractivity contribution in [2.45, 2.75) is 51.4 Å². The molecule has 0 aromatic heterocycles. The third kappa shape index (κ3) is 5.43. The number of piperazine rings is 1. The maximum Gasteiger partial charge on any atom is 0.460 e. The molecule has 0 atom stereocenters. The van der Waals surface area contributed by atoms with E-state index >= 15 is 0 Å². The first kappa shape index (κ1) is 17.5. The lowest BCUT2D eigenvalue weighted by Gasteiger charge is -2.36. The number of nitrogens with zero attached hydrogens (tertiary/aromatic N) is 2. The summed E-state index contributed by atoms with van der Waals surface area (Å²) in [5.41, 5.74) is 0. The summed E-state index contributed by atoms with van der Waals surface area (Å²) in [6.07, 6.45) is 1.12. The zero-order valence-corrected chi connectivity index (χ0v) is 13.2. The van der Waals surface area contributed by atoms with Crippen LogP contribution in [0.4, 0.5) is 13.2 Å². The molecule has 2 rings (SSSR count). The molecule has 0 unspecified atom stereocenters. The van der Waals surface area contributed by atoms with E-state index in [9.17, 15) is 18.0 Å². The second kappa shape index (κ2) is 7.64. The average Bonchev–Trinajstić information content (AvgIpc) is 2.45. The Morgan fingerprint density at radius 2 is 1.68 bits per heavy atom. The maximum atomic E-state index is 12.5. The van der Waals surface area contributed by atoms with Crippen molar-refractivity contribution < 1.29 is 18.0 Å². The van der Waals surface area contributed by atoms with Gasteiger partial charge in [-0.3, -0.25) is 4.79 Å². The molecule has 1 N–H and O–H groups in total. The minimum atomic E-state index is -4.19. The van der Waals surface area contributed by atoms with Crippen molar-refractivity contribution in [3.05, 3.63) is 0 Å². The Morgan fingerprint density at radius 1 is 1.09 bits per heavy atom. The highest BCUT2D eigenvalue weighted by atomic mass is 19.4. The third-order valence-electron chi connectivity index (χ3n) is 4.84. The summed E-state index contributed by atoms with van der Waals surface area (Å²) in [6, 6.07) is 0.309. The number of amides is 1. The van der Waals surface area contributed by atoms with Crippen molar-refractivity contribution in [3.8, 4) is 0 Å². The van der Waals surface area contributed by atoms with Gasteiger partial charge in [0.05, 0.1) is 0 Å². The van der Waals surface area contributed by atoms with Crippen LogP contribution in [0.5, 0.6) is 0 Å². The molecule has 0 radical (unpaired) electrons. The molecule has 2 fully saturated rings. The van der Waals surface area contributed by atoms with Crippen LogP contribution in [0.15, 0.2) is 0 Å². The van der Waals surface area contributed by atoms with Gasteiger partial charge in [0.15, 0.2) is 0 Å². The smallest absolute Gasteiger partial charge is 0.354 e. The molecule has 4 nitrogen and oxygen atoms in total. The molecule has 2 aliphatic rings. The minimum absolute atomic E-state index is 0.0333. The summed E-state index contributed by atoms with van der Waals surface area (Å²) in [4.78, 5) is 13.8. The molecular weight excluding hydrogens is 295 g/mol. The fraction of sp³-hybridized carbons (Fsp3) is 0.933. The van der Waals surface area contributed by atoms with Crippen LogP contribution in [-0.2, 0) is 4.79 Å². The lowest BCUT2D eigenvalue weighted by atomic mass is 9.84. The maximum absolute atomic E-state index is 12.5. The Bertz CT molecular complexity index is 360. The summed E-state index contributed by atoms with van der Waals surface area (Å²) in [7, 11) is 0. The number of alkyl halides is 3. The van der Waals surface area contributed by atoms with Gasteiger partial charge >= 0.3 is 6.30 Å². The van der Waals surface area contributed by atoms with E-state index in [1.165, 1.54) is 0 Å². The fourth-order valence-corrected chi connectivity index (χ4v) is 3.47. The zero-order chi connectivity index (χ0) is 16.2. The number of hydrogen-bond donors (Lipinski definition) is 1. The summed E-state index contributed by atoms with van der Waals surface area (Å²) < 4.78 is 37.6. The Labute approximate surface area is 130 Å². The van der Waals surface area contributed by atoms with Crippen LogP contribution in [0.3, 0.4) is 0 Å². The first-order valence-electron chi connectivity index (χ1n) is 8.16. The van der Waals surface area contributed by atoms with Crippen molar-refractivity contribution in [3.63, 3.8) is 0 Å². The molecule has 1 amide bonds. The molecule has 1 heterocycles. The van der Waals surface area contributed by atoms with Crippen LogP contribution in [0.2, 0.25) is 0 Å². The van der Waals surface area contributed by atoms with E-state index in [1.54, 1.807) is 6.92 Å². The Balaban J connectivity index is 1.61. The van der Waals surface area contributed by atoms with Gasteiger partial charge in [0.2, 0.25) is 5.91 Å². The summed E-state index contributed by atoms with van der Waals surface area (Å²) in [5, 5.41) is 2.97. The zero-order valence-electron chi connectivity index (χ0n) is 13.2. The molecule has 0 spiro atoms. The van der Waals surface area contributed by atoms with Crippen molar-refractivity contribution in [2.24, 2.45) is 5.92 Å². The van der Waals surface area contributed by atoms with Crippen molar-refractivity contribution >= 4 is 5.91 Å². The van der Waals surface area contributed by atoms with Gasteiger partial charge in [0.25, 0.3) is 0 Å². The first-order chi connectivity index (χ1) is 10.3. The van der Waals surface area contributed by atoms with E-state index < -0.39 is 6.30 Å². The second-order valence-electron chi connectivity index (χ2n) is 6.50. The minimum Gasteiger partial charge on any atom is -0.354 e. The number of halogens is 3.